The average molecular weight is 381 g/mol. The maximum Gasteiger partial charge on any atom is 0.228 e. The summed E-state index contributed by atoms with van der Waals surface area (Å²) in [6.07, 6.45) is 0.980. The number of rotatable bonds is 5. The Morgan fingerprint density at radius 2 is 2.14 bits per heavy atom. The highest BCUT2D eigenvalue weighted by Gasteiger charge is 2.39. The third-order valence-corrected chi connectivity index (χ3v) is 5.55. The minimum Gasteiger partial charge on any atom is -0.494 e. The molecule has 6 heteroatoms. The average Bonchev–Trinajstić information content (AvgIpc) is 3.14. The molecule has 1 N–H and O–H groups in total. The standard InChI is InChI=1S/C16H17BrN2O2S/c1-3-21-11-6-4-10(5-7-11)14-13(17)16(22-19-14)18-15(20)12-8-9(12)2/h4-7,9,12H,3,8H2,1-2H3,(H,18,20)/t9-,12-/m1/s1. The van der Waals surface area contributed by atoms with Crippen molar-refractivity contribution in [1.82, 2.24) is 4.37 Å². The lowest BCUT2D eigenvalue weighted by Crippen LogP contribution is -2.13. The number of benzene rings is 1. The molecule has 1 aromatic carbocycles. The van der Waals surface area contributed by atoms with E-state index >= 15 is 0 Å². The Kier molecular flexibility index (Phi) is 4.49. The molecule has 1 aliphatic carbocycles. The zero-order valence-electron chi connectivity index (χ0n) is 12.4. The van der Waals surface area contributed by atoms with Crippen LogP contribution < -0.4 is 10.1 Å². The van der Waals surface area contributed by atoms with Gasteiger partial charge in [0.2, 0.25) is 5.91 Å². The Bertz CT molecular complexity index is 684. The quantitative estimate of drug-likeness (QED) is 0.826. The Balaban J connectivity index is 1.76. The van der Waals surface area contributed by atoms with Gasteiger partial charge in [0.15, 0.2) is 0 Å². The van der Waals surface area contributed by atoms with Crippen molar-refractivity contribution in [2.75, 3.05) is 11.9 Å². The van der Waals surface area contributed by atoms with Gasteiger partial charge >= 0.3 is 0 Å². The molecule has 1 aromatic heterocycles. The first-order valence-corrected chi connectivity index (χ1v) is 8.86. The van der Waals surface area contributed by atoms with Gasteiger partial charge in [0.1, 0.15) is 16.4 Å². The summed E-state index contributed by atoms with van der Waals surface area (Å²) in [6, 6.07) is 7.79. The Morgan fingerprint density at radius 1 is 1.45 bits per heavy atom. The van der Waals surface area contributed by atoms with Crippen LogP contribution in [0.15, 0.2) is 28.7 Å². The minimum absolute atomic E-state index is 0.0927. The van der Waals surface area contributed by atoms with Crippen LogP contribution in [0, 0.1) is 11.8 Å². The van der Waals surface area contributed by atoms with Gasteiger partial charge in [-0.2, -0.15) is 4.37 Å². The predicted octanol–water partition coefficient (Wildman–Crippen LogP) is 4.57. The topological polar surface area (TPSA) is 51.2 Å². The lowest BCUT2D eigenvalue weighted by Gasteiger charge is -2.04. The van der Waals surface area contributed by atoms with E-state index in [1.165, 1.54) is 11.5 Å². The number of aromatic nitrogens is 1. The van der Waals surface area contributed by atoms with Crippen LogP contribution in [0.4, 0.5) is 5.00 Å². The monoisotopic (exact) mass is 380 g/mol. The van der Waals surface area contributed by atoms with Crippen molar-refractivity contribution in [3.63, 3.8) is 0 Å². The van der Waals surface area contributed by atoms with Crippen LogP contribution in [0.25, 0.3) is 11.3 Å². The van der Waals surface area contributed by atoms with Crippen LogP contribution in [0.5, 0.6) is 5.75 Å². The van der Waals surface area contributed by atoms with Crippen molar-refractivity contribution in [3.05, 3.63) is 28.7 Å². The lowest BCUT2D eigenvalue weighted by atomic mass is 10.1. The summed E-state index contributed by atoms with van der Waals surface area (Å²) < 4.78 is 10.7. The molecular weight excluding hydrogens is 364 g/mol. The van der Waals surface area contributed by atoms with E-state index in [4.69, 9.17) is 4.74 Å². The molecule has 1 fully saturated rings. The van der Waals surface area contributed by atoms with Crippen molar-refractivity contribution in [2.45, 2.75) is 20.3 Å². The Hall–Kier alpha value is -1.40. The highest BCUT2D eigenvalue weighted by molar-refractivity contribution is 9.10. The van der Waals surface area contributed by atoms with E-state index in [9.17, 15) is 4.79 Å². The molecule has 4 nitrogen and oxygen atoms in total. The van der Waals surface area contributed by atoms with Crippen LogP contribution in [0.1, 0.15) is 20.3 Å². The summed E-state index contributed by atoms with van der Waals surface area (Å²) >= 11 is 4.85. The molecule has 0 bridgehead atoms. The SMILES string of the molecule is CCOc1ccc(-c2nsc(NC(=O)[C@@H]3C[C@H]3C)c2Br)cc1. The third-order valence-electron chi connectivity index (χ3n) is 3.76. The summed E-state index contributed by atoms with van der Waals surface area (Å²) in [5.41, 5.74) is 1.83. The van der Waals surface area contributed by atoms with E-state index in [1.807, 2.05) is 31.2 Å². The molecule has 1 saturated carbocycles. The number of ether oxygens (including phenoxy) is 1. The van der Waals surface area contributed by atoms with Crippen LogP contribution in [-0.4, -0.2) is 16.9 Å². The molecule has 2 aromatic rings. The number of carbonyl (C=O) groups excluding carboxylic acids is 1. The molecule has 0 radical (unpaired) electrons. The van der Waals surface area contributed by atoms with Gasteiger partial charge in [-0.1, -0.05) is 6.92 Å². The zero-order valence-corrected chi connectivity index (χ0v) is 14.8. The van der Waals surface area contributed by atoms with Gasteiger partial charge in [-0.15, -0.1) is 0 Å². The van der Waals surface area contributed by atoms with Gasteiger partial charge in [-0.25, -0.2) is 0 Å². The zero-order chi connectivity index (χ0) is 15.7. The summed E-state index contributed by atoms with van der Waals surface area (Å²) in [5, 5.41) is 3.74. The molecule has 2 atom stereocenters. The third kappa shape index (κ3) is 3.17. The van der Waals surface area contributed by atoms with E-state index in [1.54, 1.807) is 0 Å². The summed E-state index contributed by atoms with van der Waals surface area (Å²) in [7, 11) is 0. The number of carbonyl (C=O) groups is 1. The van der Waals surface area contributed by atoms with Crippen LogP contribution >= 0.6 is 27.5 Å². The Labute approximate surface area is 142 Å². The number of halogens is 1. The predicted molar refractivity (Wildman–Crippen MR) is 92.3 cm³/mol. The van der Waals surface area contributed by atoms with Crippen LogP contribution in [0.2, 0.25) is 0 Å². The van der Waals surface area contributed by atoms with Gasteiger partial charge in [0.05, 0.1) is 11.1 Å². The molecule has 0 saturated heterocycles. The number of nitrogens with one attached hydrogen (secondary N) is 1. The second-order valence-corrected chi connectivity index (χ2v) is 7.01. The second kappa shape index (κ2) is 6.38. The lowest BCUT2D eigenvalue weighted by molar-refractivity contribution is -0.117. The van der Waals surface area contributed by atoms with E-state index in [0.29, 0.717) is 12.5 Å². The molecule has 0 aliphatic heterocycles. The highest BCUT2D eigenvalue weighted by Crippen LogP contribution is 2.41. The molecule has 1 heterocycles. The van der Waals surface area contributed by atoms with E-state index in [0.717, 1.165) is 32.9 Å². The second-order valence-electron chi connectivity index (χ2n) is 5.44. The molecule has 1 amide bonds. The smallest absolute Gasteiger partial charge is 0.228 e. The molecule has 1 aliphatic rings. The van der Waals surface area contributed by atoms with Gasteiger partial charge in [-0.05, 0) is 71.0 Å². The highest BCUT2D eigenvalue weighted by atomic mass is 79.9. The number of anilines is 1. The molecule has 0 spiro atoms. The van der Waals surface area contributed by atoms with Crippen molar-refractivity contribution in [1.29, 1.82) is 0 Å². The first kappa shape index (κ1) is 15.5. The fraction of sp³-hybridized carbons (Fsp3) is 0.375. The summed E-state index contributed by atoms with van der Waals surface area (Å²) in [5.74, 6) is 1.59. The van der Waals surface area contributed by atoms with Crippen LogP contribution in [0.3, 0.4) is 0 Å². The first-order valence-electron chi connectivity index (χ1n) is 7.29. The maximum atomic E-state index is 12.0. The molecule has 22 heavy (non-hydrogen) atoms. The van der Waals surface area contributed by atoms with E-state index in [-0.39, 0.29) is 11.8 Å². The van der Waals surface area contributed by atoms with E-state index < -0.39 is 0 Å². The normalized spacial score (nSPS) is 19.8. The molecule has 0 unspecified atom stereocenters. The maximum absolute atomic E-state index is 12.0. The molecule has 3 rings (SSSR count). The summed E-state index contributed by atoms with van der Waals surface area (Å²) in [4.78, 5) is 12.0. The number of hydrogen-bond acceptors (Lipinski definition) is 4. The van der Waals surface area contributed by atoms with Gasteiger partial charge in [0, 0.05) is 11.5 Å². The van der Waals surface area contributed by atoms with Crippen molar-refractivity contribution in [2.24, 2.45) is 11.8 Å². The largest absolute Gasteiger partial charge is 0.494 e. The molecule has 116 valence electrons. The number of amides is 1. The van der Waals surface area contributed by atoms with Gasteiger partial charge < -0.3 is 10.1 Å². The number of nitrogens with zero attached hydrogens (tertiary/aromatic N) is 1. The summed E-state index contributed by atoms with van der Waals surface area (Å²) in [6.45, 7) is 4.70. The van der Waals surface area contributed by atoms with Crippen molar-refractivity contribution < 1.29 is 9.53 Å². The Morgan fingerprint density at radius 3 is 2.73 bits per heavy atom. The minimum atomic E-state index is 0.0927. The first-order chi connectivity index (χ1) is 10.6. The van der Waals surface area contributed by atoms with Gasteiger partial charge in [-0.3, -0.25) is 4.79 Å². The van der Waals surface area contributed by atoms with Crippen molar-refractivity contribution in [3.8, 4) is 17.0 Å². The van der Waals surface area contributed by atoms with Crippen molar-refractivity contribution >= 4 is 38.4 Å². The fourth-order valence-electron chi connectivity index (χ4n) is 2.30. The van der Waals surface area contributed by atoms with Crippen LogP contribution in [-0.2, 0) is 4.79 Å². The fourth-order valence-corrected chi connectivity index (χ4v) is 3.76. The van der Waals surface area contributed by atoms with E-state index in [2.05, 4.69) is 32.5 Å². The van der Waals surface area contributed by atoms with Gasteiger partial charge in [0.25, 0.3) is 0 Å². The molecular formula is C16H17BrN2O2S. The number of hydrogen-bond donors (Lipinski definition) is 1.